The van der Waals surface area contributed by atoms with E-state index < -0.39 is 0 Å². The molecule has 1 aromatic rings. The van der Waals surface area contributed by atoms with Gasteiger partial charge in [0, 0.05) is 37.2 Å². The number of hydrogen-bond donors (Lipinski definition) is 0. The van der Waals surface area contributed by atoms with Crippen molar-refractivity contribution in [2.45, 2.75) is 38.8 Å². The van der Waals surface area contributed by atoms with E-state index in [0.717, 1.165) is 0 Å². The molecule has 2 saturated heterocycles. The molecule has 1 aromatic carbocycles. The second kappa shape index (κ2) is 8.82. The van der Waals surface area contributed by atoms with Gasteiger partial charge in [-0.2, -0.15) is 0 Å². The van der Waals surface area contributed by atoms with Gasteiger partial charge < -0.3 is 24.0 Å². The van der Waals surface area contributed by atoms with Crippen LogP contribution >= 0.6 is 0 Å². The molecule has 0 radical (unpaired) electrons. The summed E-state index contributed by atoms with van der Waals surface area (Å²) in [6.45, 7) is 6.39. The number of likely N-dealkylation sites (tertiary alicyclic amines) is 1. The first-order chi connectivity index (χ1) is 13.4. The molecule has 0 saturated carbocycles. The number of rotatable bonds is 4. The summed E-state index contributed by atoms with van der Waals surface area (Å²) in [4.78, 5) is 29.6. The van der Waals surface area contributed by atoms with Gasteiger partial charge in [0.2, 0.25) is 5.91 Å². The predicted octanol–water partition coefficient (Wildman–Crippen LogP) is 2.19. The van der Waals surface area contributed by atoms with E-state index in [1.165, 1.54) is 0 Å². The van der Waals surface area contributed by atoms with E-state index in [4.69, 9.17) is 14.2 Å². The van der Waals surface area contributed by atoms with Gasteiger partial charge in [0.25, 0.3) is 5.91 Å². The van der Waals surface area contributed by atoms with E-state index in [2.05, 4.69) is 0 Å². The maximum atomic E-state index is 13.0. The Morgan fingerprint density at radius 1 is 1.04 bits per heavy atom. The van der Waals surface area contributed by atoms with Crippen LogP contribution in [0.2, 0.25) is 0 Å². The Balaban J connectivity index is 1.62. The zero-order valence-corrected chi connectivity index (χ0v) is 17.1. The van der Waals surface area contributed by atoms with Crippen LogP contribution in [0, 0.1) is 5.92 Å². The average molecular weight is 390 g/mol. The van der Waals surface area contributed by atoms with Crippen LogP contribution in [-0.4, -0.2) is 74.2 Å². The summed E-state index contributed by atoms with van der Waals surface area (Å²) in [6.07, 6.45) is 1.44. The molecule has 0 spiro atoms. The van der Waals surface area contributed by atoms with Crippen LogP contribution < -0.4 is 9.47 Å². The lowest BCUT2D eigenvalue weighted by Crippen LogP contribution is -2.53. The lowest BCUT2D eigenvalue weighted by molar-refractivity contribution is -0.148. The molecule has 28 heavy (non-hydrogen) atoms. The van der Waals surface area contributed by atoms with E-state index in [1.807, 2.05) is 23.6 Å². The van der Waals surface area contributed by atoms with Crippen molar-refractivity contribution >= 4 is 11.8 Å². The molecule has 2 aliphatic heterocycles. The lowest BCUT2D eigenvalue weighted by atomic mass is 9.93. The van der Waals surface area contributed by atoms with Crippen molar-refractivity contribution in [3.8, 4) is 11.5 Å². The van der Waals surface area contributed by atoms with Crippen LogP contribution in [0.1, 0.15) is 37.0 Å². The van der Waals surface area contributed by atoms with Crippen molar-refractivity contribution in [1.29, 1.82) is 0 Å². The summed E-state index contributed by atoms with van der Waals surface area (Å²) in [5.41, 5.74) is 0.539. The van der Waals surface area contributed by atoms with Crippen molar-refractivity contribution < 1.29 is 23.8 Å². The molecule has 154 valence electrons. The van der Waals surface area contributed by atoms with Crippen molar-refractivity contribution in [3.63, 3.8) is 0 Å². The molecule has 2 atom stereocenters. The Morgan fingerprint density at radius 2 is 1.64 bits per heavy atom. The Morgan fingerprint density at radius 3 is 2.21 bits per heavy atom. The number of amides is 2. The molecule has 0 N–H and O–H groups in total. The number of nitrogens with zero attached hydrogens (tertiary/aromatic N) is 2. The van der Waals surface area contributed by atoms with Crippen molar-refractivity contribution in [2.24, 2.45) is 5.92 Å². The SMILES string of the molecule is COc1cc(OC)cc(C(=O)N2CCC(C(=O)N3CC(C)OCC3C)CC2)c1. The number of morpholine rings is 1. The van der Waals surface area contributed by atoms with E-state index in [-0.39, 0.29) is 29.9 Å². The fraction of sp³-hybridized carbons (Fsp3) is 0.619. The number of benzene rings is 1. The minimum Gasteiger partial charge on any atom is -0.497 e. The zero-order valence-electron chi connectivity index (χ0n) is 17.1. The second-order valence-corrected chi connectivity index (χ2v) is 7.65. The predicted molar refractivity (Wildman–Crippen MR) is 105 cm³/mol. The average Bonchev–Trinajstić information content (AvgIpc) is 2.74. The smallest absolute Gasteiger partial charge is 0.254 e. The Labute approximate surface area is 166 Å². The molecule has 2 heterocycles. The van der Waals surface area contributed by atoms with Gasteiger partial charge >= 0.3 is 0 Å². The molecule has 2 fully saturated rings. The summed E-state index contributed by atoms with van der Waals surface area (Å²) >= 11 is 0. The molecule has 7 heteroatoms. The van der Waals surface area contributed by atoms with Gasteiger partial charge in [-0.25, -0.2) is 0 Å². The Kier molecular flexibility index (Phi) is 6.44. The van der Waals surface area contributed by atoms with Crippen molar-refractivity contribution in [1.82, 2.24) is 9.80 Å². The van der Waals surface area contributed by atoms with E-state index >= 15 is 0 Å². The lowest BCUT2D eigenvalue weighted by Gasteiger charge is -2.40. The third kappa shape index (κ3) is 4.41. The van der Waals surface area contributed by atoms with Gasteiger partial charge in [0.05, 0.1) is 33.0 Å². The van der Waals surface area contributed by atoms with E-state index in [9.17, 15) is 9.59 Å². The molecule has 2 amide bonds. The van der Waals surface area contributed by atoms with Crippen LogP contribution in [0.25, 0.3) is 0 Å². The molecule has 2 aliphatic rings. The Hall–Kier alpha value is -2.28. The maximum Gasteiger partial charge on any atom is 0.254 e. The van der Waals surface area contributed by atoms with Gasteiger partial charge in [-0.05, 0) is 38.8 Å². The first-order valence-electron chi connectivity index (χ1n) is 9.87. The normalized spacial score (nSPS) is 23.4. The number of hydrogen-bond acceptors (Lipinski definition) is 5. The van der Waals surface area contributed by atoms with Gasteiger partial charge in [-0.1, -0.05) is 0 Å². The monoisotopic (exact) mass is 390 g/mol. The van der Waals surface area contributed by atoms with Crippen LogP contribution in [0.3, 0.4) is 0 Å². The molecule has 3 rings (SSSR count). The largest absolute Gasteiger partial charge is 0.497 e. The van der Waals surface area contributed by atoms with Crippen molar-refractivity contribution in [3.05, 3.63) is 23.8 Å². The Bertz CT molecular complexity index is 692. The molecular formula is C21H30N2O5. The first-order valence-corrected chi connectivity index (χ1v) is 9.87. The highest BCUT2D eigenvalue weighted by Gasteiger charge is 2.35. The number of piperidine rings is 1. The maximum absolute atomic E-state index is 13.0. The van der Waals surface area contributed by atoms with E-state index in [1.54, 1.807) is 32.4 Å². The van der Waals surface area contributed by atoms with E-state index in [0.29, 0.717) is 56.1 Å². The van der Waals surface area contributed by atoms with Crippen LogP contribution in [0.5, 0.6) is 11.5 Å². The van der Waals surface area contributed by atoms with Crippen LogP contribution in [0.4, 0.5) is 0 Å². The van der Waals surface area contributed by atoms with Gasteiger partial charge in [-0.3, -0.25) is 9.59 Å². The highest BCUT2D eigenvalue weighted by Crippen LogP contribution is 2.27. The first kappa shape index (κ1) is 20.5. The minimum absolute atomic E-state index is 0.0309. The summed E-state index contributed by atoms with van der Waals surface area (Å²) in [6, 6.07) is 5.29. The molecule has 0 aromatic heterocycles. The fourth-order valence-electron chi connectivity index (χ4n) is 3.89. The van der Waals surface area contributed by atoms with Gasteiger partial charge in [0.15, 0.2) is 0 Å². The third-order valence-corrected chi connectivity index (χ3v) is 5.62. The van der Waals surface area contributed by atoms with Crippen LogP contribution in [-0.2, 0) is 9.53 Å². The highest BCUT2D eigenvalue weighted by atomic mass is 16.5. The molecule has 7 nitrogen and oxygen atoms in total. The number of methoxy groups -OCH3 is 2. The zero-order chi connectivity index (χ0) is 20.3. The number of ether oxygens (including phenoxy) is 3. The van der Waals surface area contributed by atoms with Gasteiger partial charge in [-0.15, -0.1) is 0 Å². The summed E-state index contributed by atoms with van der Waals surface area (Å²) in [5, 5.41) is 0. The number of carbonyl (C=O) groups excluding carboxylic acids is 2. The molecule has 0 aliphatic carbocycles. The number of carbonyl (C=O) groups is 2. The minimum atomic E-state index is -0.0588. The molecule has 0 bridgehead atoms. The quantitative estimate of drug-likeness (QED) is 0.788. The van der Waals surface area contributed by atoms with Crippen molar-refractivity contribution in [2.75, 3.05) is 40.5 Å². The summed E-state index contributed by atoms with van der Waals surface area (Å²) in [7, 11) is 3.13. The molecular weight excluding hydrogens is 360 g/mol. The van der Waals surface area contributed by atoms with Crippen LogP contribution in [0.15, 0.2) is 18.2 Å². The second-order valence-electron chi connectivity index (χ2n) is 7.65. The standard InChI is InChI=1S/C21H30N2O5/c1-14-13-28-15(2)12-23(14)21(25)16-5-7-22(8-6-16)20(24)17-9-18(26-3)11-19(10-17)27-4/h9-11,14-16H,5-8,12-13H2,1-4H3. The summed E-state index contributed by atoms with van der Waals surface area (Å²) < 4.78 is 16.1. The molecule has 2 unspecified atom stereocenters. The van der Waals surface area contributed by atoms with Gasteiger partial charge in [0.1, 0.15) is 11.5 Å². The summed E-state index contributed by atoms with van der Waals surface area (Å²) in [5.74, 6) is 1.28. The fourth-order valence-corrected chi connectivity index (χ4v) is 3.89. The topological polar surface area (TPSA) is 68.3 Å². The highest BCUT2D eigenvalue weighted by molar-refractivity contribution is 5.95. The third-order valence-electron chi connectivity index (χ3n) is 5.62.